The van der Waals surface area contributed by atoms with Crippen molar-refractivity contribution in [1.82, 2.24) is 0 Å². The predicted molar refractivity (Wildman–Crippen MR) is 265 cm³/mol. The second-order valence-electron chi connectivity index (χ2n) is 17.4. The maximum absolute atomic E-state index is 12.7. The molecule has 0 saturated carbocycles. The van der Waals surface area contributed by atoms with Crippen LogP contribution < -0.4 is 0 Å². The van der Waals surface area contributed by atoms with Crippen LogP contribution in [0.5, 0.6) is 0 Å². The van der Waals surface area contributed by atoms with Gasteiger partial charge in [-0.05, 0) is 44.9 Å². The van der Waals surface area contributed by atoms with Gasteiger partial charge in [0.25, 0.3) is 0 Å². The normalized spacial score (nSPS) is 12.5. The molecule has 0 aliphatic heterocycles. The van der Waals surface area contributed by atoms with Gasteiger partial charge in [-0.3, -0.25) is 14.4 Å². The summed E-state index contributed by atoms with van der Waals surface area (Å²) in [6.45, 7) is 6.41. The molecule has 0 saturated heterocycles. The lowest BCUT2D eigenvalue weighted by molar-refractivity contribution is -0.166. The Morgan fingerprint density at radius 2 is 0.613 bits per heavy atom. The van der Waals surface area contributed by atoms with Gasteiger partial charge in [0.2, 0.25) is 0 Å². The number of ether oxygens (including phenoxy) is 3. The van der Waals surface area contributed by atoms with E-state index in [1.54, 1.807) is 6.08 Å². The summed E-state index contributed by atoms with van der Waals surface area (Å²) in [4.78, 5) is 37.7. The first-order valence-corrected chi connectivity index (χ1v) is 26.3. The van der Waals surface area contributed by atoms with Gasteiger partial charge in [0.1, 0.15) is 13.2 Å². The summed E-state index contributed by atoms with van der Waals surface area (Å²) in [5.41, 5.74) is 0. The second-order valence-corrected chi connectivity index (χ2v) is 17.4. The van der Waals surface area contributed by atoms with E-state index >= 15 is 0 Å². The Morgan fingerprint density at radius 1 is 0.339 bits per heavy atom. The molecule has 0 bridgehead atoms. The molecule has 0 N–H and O–H groups in total. The molecule has 0 rings (SSSR count). The highest BCUT2D eigenvalue weighted by Crippen LogP contribution is 2.16. The van der Waals surface area contributed by atoms with Gasteiger partial charge in [-0.1, -0.05) is 255 Å². The van der Waals surface area contributed by atoms with Crippen LogP contribution in [0.25, 0.3) is 0 Å². The standard InChI is InChI=1S/C56H98O6/c1-4-7-10-13-16-18-20-22-24-25-26-27-28-29-30-32-33-35-37-40-43-46-49-55(58)61-52-53(51-60-54(57)48-45-42-39-15-12-9-6-3)62-56(59)50-47-44-41-38-36-34-31-23-21-19-17-14-11-8-5-2/h8,11,17,19,23,31,36,38,44,47,53H,4-7,9-10,12-16,18,20-22,24-30,32-35,37,39-43,45-46,48-52H2,1-3H3/b11-8-,19-17-,31-23-,38-36-,47-44-. The highest BCUT2D eigenvalue weighted by Gasteiger charge is 2.19. The molecule has 1 unspecified atom stereocenters. The first-order valence-electron chi connectivity index (χ1n) is 26.3. The number of unbranched alkanes of at least 4 members (excludes halogenated alkanes) is 27. The summed E-state index contributed by atoms with van der Waals surface area (Å²) >= 11 is 0. The molecular weight excluding hydrogens is 769 g/mol. The minimum Gasteiger partial charge on any atom is -0.462 e. The van der Waals surface area contributed by atoms with Gasteiger partial charge in [-0.2, -0.15) is 0 Å². The molecule has 0 aromatic rings. The van der Waals surface area contributed by atoms with E-state index < -0.39 is 12.1 Å². The Balaban J connectivity index is 4.25. The number of rotatable bonds is 47. The number of hydrogen-bond donors (Lipinski definition) is 0. The molecule has 0 aromatic heterocycles. The summed E-state index contributed by atoms with van der Waals surface area (Å²) in [5, 5.41) is 0. The van der Waals surface area contributed by atoms with Crippen LogP contribution in [0.1, 0.15) is 258 Å². The Morgan fingerprint density at radius 3 is 0.919 bits per heavy atom. The molecule has 0 spiro atoms. The maximum Gasteiger partial charge on any atom is 0.310 e. The first-order chi connectivity index (χ1) is 30.5. The Bertz CT molecular complexity index is 1130. The highest BCUT2D eigenvalue weighted by molar-refractivity contribution is 5.72. The fourth-order valence-corrected chi connectivity index (χ4v) is 7.40. The summed E-state index contributed by atoms with van der Waals surface area (Å²) < 4.78 is 16.6. The van der Waals surface area contributed by atoms with Crippen molar-refractivity contribution in [3.05, 3.63) is 60.8 Å². The van der Waals surface area contributed by atoms with E-state index in [2.05, 4.69) is 69.4 Å². The van der Waals surface area contributed by atoms with Crippen LogP contribution >= 0.6 is 0 Å². The van der Waals surface area contributed by atoms with E-state index in [0.29, 0.717) is 12.8 Å². The average Bonchev–Trinajstić information content (AvgIpc) is 3.27. The number of carbonyl (C=O) groups is 3. The zero-order chi connectivity index (χ0) is 45.1. The van der Waals surface area contributed by atoms with Gasteiger partial charge < -0.3 is 14.2 Å². The van der Waals surface area contributed by atoms with Crippen molar-refractivity contribution in [1.29, 1.82) is 0 Å². The molecule has 0 radical (unpaired) electrons. The zero-order valence-corrected chi connectivity index (χ0v) is 40.9. The summed E-state index contributed by atoms with van der Waals surface area (Å²) in [6, 6.07) is 0. The van der Waals surface area contributed by atoms with E-state index in [4.69, 9.17) is 14.2 Å². The smallest absolute Gasteiger partial charge is 0.310 e. The molecule has 0 fully saturated rings. The molecule has 6 heteroatoms. The molecule has 62 heavy (non-hydrogen) atoms. The van der Waals surface area contributed by atoms with Crippen molar-refractivity contribution in [2.24, 2.45) is 0 Å². The van der Waals surface area contributed by atoms with Gasteiger partial charge in [0, 0.05) is 12.8 Å². The van der Waals surface area contributed by atoms with Crippen LogP contribution in [-0.4, -0.2) is 37.2 Å². The number of carbonyl (C=O) groups excluding carboxylic acids is 3. The summed E-state index contributed by atoms with van der Waals surface area (Å²) in [5.74, 6) is -1.04. The van der Waals surface area contributed by atoms with Gasteiger partial charge >= 0.3 is 17.9 Å². The molecule has 0 aliphatic carbocycles. The van der Waals surface area contributed by atoms with Gasteiger partial charge in [-0.15, -0.1) is 0 Å². The van der Waals surface area contributed by atoms with Crippen molar-refractivity contribution in [3.63, 3.8) is 0 Å². The summed E-state index contributed by atoms with van der Waals surface area (Å²) in [7, 11) is 0. The first kappa shape index (κ1) is 59.1. The van der Waals surface area contributed by atoms with Crippen molar-refractivity contribution in [2.75, 3.05) is 13.2 Å². The minimum atomic E-state index is -0.822. The number of allylic oxidation sites excluding steroid dienone is 9. The molecule has 0 aromatic carbocycles. The number of esters is 3. The predicted octanol–water partition coefficient (Wildman–Crippen LogP) is 17.3. The van der Waals surface area contributed by atoms with Gasteiger partial charge in [-0.25, -0.2) is 0 Å². The van der Waals surface area contributed by atoms with E-state index in [0.717, 1.165) is 70.6 Å². The Hall–Kier alpha value is -2.89. The molecule has 0 heterocycles. The monoisotopic (exact) mass is 867 g/mol. The van der Waals surface area contributed by atoms with Crippen LogP contribution in [0, 0.1) is 0 Å². The Labute approximate surface area is 383 Å². The minimum absolute atomic E-state index is 0.101. The second kappa shape index (κ2) is 50.8. The van der Waals surface area contributed by atoms with E-state index in [9.17, 15) is 14.4 Å². The molecule has 1 atom stereocenters. The van der Waals surface area contributed by atoms with Crippen LogP contribution in [0.3, 0.4) is 0 Å². The average molecular weight is 867 g/mol. The highest BCUT2D eigenvalue weighted by atomic mass is 16.6. The zero-order valence-electron chi connectivity index (χ0n) is 40.9. The van der Waals surface area contributed by atoms with E-state index in [1.165, 1.54) is 148 Å². The lowest BCUT2D eigenvalue weighted by Crippen LogP contribution is -2.30. The summed E-state index contributed by atoms with van der Waals surface area (Å²) in [6.07, 6.45) is 62.6. The Kier molecular flexibility index (Phi) is 48.4. The fraction of sp³-hybridized carbons (Fsp3) is 0.768. The van der Waals surface area contributed by atoms with E-state index in [-0.39, 0.29) is 31.6 Å². The lowest BCUT2D eigenvalue weighted by Gasteiger charge is -2.18. The van der Waals surface area contributed by atoms with Gasteiger partial charge in [0.15, 0.2) is 6.10 Å². The van der Waals surface area contributed by atoms with Crippen molar-refractivity contribution in [2.45, 2.75) is 264 Å². The van der Waals surface area contributed by atoms with Crippen molar-refractivity contribution < 1.29 is 28.6 Å². The van der Waals surface area contributed by atoms with Crippen molar-refractivity contribution in [3.8, 4) is 0 Å². The van der Waals surface area contributed by atoms with Crippen LogP contribution in [-0.2, 0) is 28.6 Å². The molecule has 0 aliphatic rings. The molecule has 6 nitrogen and oxygen atoms in total. The topological polar surface area (TPSA) is 78.9 Å². The van der Waals surface area contributed by atoms with Gasteiger partial charge in [0.05, 0.1) is 6.42 Å². The quantitative estimate of drug-likeness (QED) is 0.0262. The third kappa shape index (κ3) is 48.1. The van der Waals surface area contributed by atoms with Crippen LogP contribution in [0.4, 0.5) is 0 Å². The van der Waals surface area contributed by atoms with Crippen LogP contribution in [0.15, 0.2) is 60.8 Å². The maximum atomic E-state index is 12.7. The third-order valence-corrected chi connectivity index (χ3v) is 11.3. The lowest BCUT2D eigenvalue weighted by atomic mass is 10.0. The molecule has 358 valence electrons. The van der Waals surface area contributed by atoms with E-state index in [1.807, 2.05) is 6.08 Å². The third-order valence-electron chi connectivity index (χ3n) is 11.3. The largest absolute Gasteiger partial charge is 0.462 e. The van der Waals surface area contributed by atoms with Crippen LogP contribution in [0.2, 0.25) is 0 Å². The molecule has 0 amide bonds. The number of hydrogen-bond acceptors (Lipinski definition) is 6. The SMILES string of the molecule is CC/C=C\C/C=C\C/C=C\C/C=C\C/C=C\CC(=O)OC(COC(=O)CCCCCCCCC)COC(=O)CCCCCCCCCCCCCCCCCCCCCCCC. The molecular formula is C56H98O6. The fourth-order valence-electron chi connectivity index (χ4n) is 7.40. The van der Waals surface area contributed by atoms with Crippen molar-refractivity contribution >= 4 is 17.9 Å².